The van der Waals surface area contributed by atoms with Gasteiger partial charge in [-0.25, -0.2) is 9.78 Å². The number of imide groups is 1. The molecule has 0 aliphatic carbocycles. The van der Waals surface area contributed by atoms with E-state index in [4.69, 9.17) is 0 Å². The molecule has 1 heterocycles. The van der Waals surface area contributed by atoms with Crippen molar-refractivity contribution < 1.29 is 22.8 Å². The van der Waals surface area contributed by atoms with Gasteiger partial charge in [0.15, 0.2) is 0 Å². The van der Waals surface area contributed by atoms with Crippen LogP contribution in [0.1, 0.15) is 12.7 Å². The largest absolute Gasteiger partial charge is 0.405 e. The van der Waals surface area contributed by atoms with E-state index < -0.39 is 24.7 Å². The van der Waals surface area contributed by atoms with Gasteiger partial charge in [-0.3, -0.25) is 15.2 Å². The van der Waals surface area contributed by atoms with Crippen LogP contribution >= 0.6 is 11.8 Å². The maximum absolute atomic E-state index is 11.8. The Morgan fingerprint density at radius 3 is 2.65 bits per heavy atom. The number of carbonyl (C=O) groups excluding carboxylic acids is 2. The molecule has 0 unspecified atom stereocenters. The average Bonchev–Trinajstić information content (AvgIpc) is 2.81. The summed E-state index contributed by atoms with van der Waals surface area (Å²) >= 11 is 0.963. The van der Waals surface area contributed by atoms with Crippen LogP contribution in [0, 0.1) is 0 Å². The number of urea groups is 1. The number of H-pyrrole nitrogens is 1. The van der Waals surface area contributed by atoms with Gasteiger partial charge in [-0.1, -0.05) is 18.7 Å². The van der Waals surface area contributed by atoms with Gasteiger partial charge in [0.2, 0.25) is 11.1 Å². The van der Waals surface area contributed by atoms with Gasteiger partial charge in [0.05, 0.1) is 5.75 Å². The summed E-state index contributed by atoms with van der Waals surface area (Å²) in [6, 6.07) is -1.20. The van der Waals surface area contributed by atoms with Crippen LogP contribution < -0.4 is 10.6 Å². The molecule has 1 aromatic rings. The summed E-state index contributed by atoms with van der Waals surface area (Å²) in [6.45, 7) is 0.368. The molecule has 7 nitrogen and oxygen atoms in total. The van der Waals surface area contributed by atoms with Crippen molar-refractivity contribution in [2.45, 2.75) is 24.7 Å². The number of aromatic nitrogens is 3. The van der Waals surface area contributed by atoms with E-state index in [9.17, 15) is 22.8 Å². The lowest BCUT2D eigenvalue weighted by molar-refractivity contribution is -0.124. The first-order valence-electron chi connectivity index (χ1n) is 5.48. The molecule has 0 aromatic carbocycles. The van der Waals surface area contributed by atoms with Crippen molar-refractivity contribution in [3.8, 4) is 0 Å². The highest BCUT2D eigenvalue weighted by atomic mass is 32.2. The first kappa shape index (κ1) is 16.3. The number of rotatable bonds is 5. The lowest BCUT2D eigenvalue weighted by atomic mass is 10.5. The number of aromatic amines is 1. The number of nitrogens with one attached hydrogen (secondary N) is 3. The van der Waals surface area contributed by atoms with Crippen molar-refractivity contribution in [2.24, 2.45) is 0 Å². The average molecular weight is 311 g/mol. The third kappa shape index (κ3) is 6.41. The molecule has 112 valence electrons. The predicted molar refractivity (Wildman–Crippen MR) is 64.1 cm³/mol. The van der Waals surface area contributed by atoms with Gasteiger partial charge >= 0.3 is 12.2 Å². The van der Waals surface area contributed by atoms with E-state index in [-0.39, 0.29) is 5.75 Å². The van der Waals surface area contributed by atoms with Crippen LogP contribution in [-0.4, -0.2) is 45.6 Å². The van der Waals surface area contributed by atoms with Crippen molar-refractivity contribution in [2.75, 3.05) is 12.3 Å². The maximum Gasteiger partial charge on any atom is 0.405 e. The molecule has 1 rings (SSSR count). The van der Waals surface area contributed by atoms with Crippen molar-refractivity contribution >= 4 is 23.7 Å². The summed E-state index contributed by atoms with van der Waals surface area (Å²) in [5, 5.41) is 10.1. The highest BCUT2D eigenvalue weighted by Gasteiger charge is 2.27. The molecule has 0 radical (unpaired) electrons. The standard InChI is InChI=1S/C9H12F3N5O2S/c1-2-5-14-8(17-16-5)20-3-6(18)15-7(19)13-4-9(10,11)12/h2-4H2,1H3,(H,14,16,17)(H2,13,15,18,19). The summed E-state index contributed by atoms with van der Waals surface area (Å²) in [6.07, 6.45) is -3.87. The number of nitrogens with zero attached hydrogens (tertiary/aromatic N) is 2. The van der Waals surface area contributed by atoms with Crippen LogP contribution in [0.3, 0.4) is 0 Å². The van der Waals surface area contributed by atoms with Crippen molar-refractivity contribution in [3.05, 3.63) is 5.82 Å². The summed E-state index contributed by atoms with van der Waals surface area (Å²) in [5.41, 5.74) is 0. The van der Waals surface area contributed by atoms with Crippen LogP contribution in [0.4, 0.5) is 18.0 Å². The summed E-state index contributed by atoms with van der Waals surface area (Å²) in [5.74, 6) is -0.270. The number of thioether (sulfide) groups is 1. The monoisotopic (exact) mass is 311 g/mol. The van der Waals surface area contributed by atoms with Gasteiger partial charge in [-0.05, 0) is 0 Å². The van der Waals surface area contributed by atoms with Gasteiger partial charge < -0.3 is 5.32 Å². The Morgan fingerprint density at radius 1 is 1.40 bits per heavy atom. The fraction of sp³-hybridized carbons (Fsp3) is 0.556. The Bertz CT molecular complexity index is 476. The summed E-state index contributed by atoms with van der Waals surface area (Å²) in [7, 11) is 0. The molecule has 0 fully saturated rings. The highest BCUT2D eigenvalue weighted by molar-refractivity contribution is 7.99. The van der Waals surface area contributed by atoms with Crippen LogP contribution in [0.25, 0.3) is 0 Å². The molecular formula is C9H12F3N5O2S. The second-order valence-electron chi connectivity index (χ2n) is 3.55. The molecular weight excluding hydrogens is 299 g/mol. The number of amides is 3. The second-order valence-corrected chi connectivity index (χ2v) is 4.50. The van der Waals surface area contributed by atoms with Gasteiger partial charge in [0, 0.05) is 6.42 Å². The Kier molecular flexibility index (Phi) is 5.80. The van der Waals surface area contributed by atoms with Gasteiger partial charge in [-0.15, -0.1) is 5.10 Å². The molecule has 0 aliphatic heterocycles. The molecule has 3 N–H and O–H groups in total. The molecule has 0 saturated carbocycles. The number of carbonyl (C=O) groups is 2. The molecule has 11 heteroatoms. The Hall–Kier alpha value is -1.78. The van der Waals surface area contributed by atoms with E-state index in [1.54, 1.807) is 5.32 Å². The molecule has 0 atom stereocenters. The number of hydrogen-bond acceptors (Lipinski definition) is 5. The quantitative estimate of drug-likeness (QED) is 0.700. The molecule has 0 spiro atoms. The summed E-state index contributed by atoms with van der Waals surface area (Å²) in [4.78, 5) is 26.3. The lowest BCUT2D eigenvalue weighted by Gasteiger charge is -2.08. The molecule has 0 bridgehead atoms. The Morgan fingerprint density at radius 2 is 2.10 bits per heavy atom. The minimum Gasteiger partial charge on any atom is -0.329 e. The van der Waals surface area contributed by atoms with Crippen molar-refractivity contribution in [3.63, 3.8) is 0 Å². The zero-order valence-electron chi connectivity index (χ0n) is 10.4. The van der Waals surface area contributed by atoms with Crippen LogP contribution in [-0.2, 0) is 11.2 Å². The number of halogens is 3. The number of alkyl halides is 3. The van der Waals surface area contributed by atoms with Crippen LogP contribution in [0.2, 0.25) is 0 Å². The first-order chi connectivity index (χ1) is 9.30. The zero-order chi connectivity index (χ0) is 15.2. The van der Waals surface area contributed by atoms with E-state index in [0.29, 0.717) is 17.4 Å². The molecule has 0 aliphatic rings. The minimum absolute atomic E-state index is 0.180. The number of hydrogen-bond donors (Lipinski definition) is 3. The SMILES string of the molecule is CCc1nc(SCC(=O)NC(=O)NCC(F)(F)F)n[nH]1. The molecule has 20 heavy (non-hydrogen) atoms. The van der Waals surface area contributed by atoms with E-state index >= 15 is 0 Å². The third-order valence-corrected chi connectivity index (χ3v) is 2.73. The summed E-state index contributed by atoms with van der Waals surface area (Å²) < 4.78 is 35.4. The number of aryl methyl sites for hydroxylation is 1. The normalized spacial score (nSPS) is 11.2. The Balaban J connectivity index is 2.27. The van der Waals surface area contributed by atoms with Crippen molar-refractivity contribution in [1.29, 1.82) is 0 Å². The fourth-order valence-corrected chi connectivity index (χ4v) is 1.64. The zero-order valence-corrected chi connectivity index (χ0v) is 11.2. The first-order valence-corrected chi connectivity index (χ1v) is 6.47. The Labute approximate surface area is 116 Å². The molecule has 3 amide bonds. The van der Waals surface area contributed by atoms with Gasteiger partial charge in [0.1, 0.15) is 12.4 Å². The third-order valence-electron chi connectivity index (χ3n) is 1.88. The minimum atomic E-state index is -4.52. The van der Waals surface area contributed by atoms with Crippen molar-refractivity contribution in [1.82, 2.24) is 25.8 Å². The van der Waals surface area contributed by atoms with E-state index in [1.165, 1.54) is 5.32 Å². The highest BCUT2D eigenvalue weighted by Crippen LogP contribution is 2.12. The fourth-order valence-electron chi connectivity index (χ4n) is 1.02. The van der Waals surface area contributed by atoms with E-state index in [2.05, 4.69) is 15.2 Å². The van der Waals surface area contributed by atoms with Gasteiger partial charge in [0.25, 0.3) is 0 Å². The second kappa shape index (κ2) is 7.12. The molecule has 1 aromatic heterocycles. The predicted octanol–water partition coefficient (Wildman–Crippen LogP) is 0.847. The smallest absolute Gasteiger partial charge is 0.329 e. The van der Waals surface area contributed by atoms with Crippen LogP contribution in [0.15, 0.2) is 5.16 Å². The molecule has 0 saturated heterocycles. The van der Waals surface area contributed by atoms with E-state index in [1.807, 2.05) is 6.92 Å². The maximum atomic E-state index is 11.8. The van der Waals surface area contributed by atoms with Crippen LogP contribution in [0.5, 0.6) is 0 Å². The van der Waals surface area contributed by atoms with Gasteiger partial charge in [-0.2, -0.15) is 13.2 Å². The lowest BCUT2D eigenvalue weighted by Crippen LogP contribution is -2.43. The topological polar surface area (TPSA) is 99.8 Å². The van der Waals surface area contributed by atoms with E-state index in [0.717, 1.165) is 11.8 Å².